The van der Waals surface area contributed by atoms with Crippen LogP contribution in [0.25, 0.3) is 0 Å². The molecule has 116 valence electrons. The molecule has 1 fully saturated rings. The fourth-order valence-electron chi connectivity index (χ4n) is 2.73. The summed E-state index contributed by atoms with van der Waals surface area (Å²) >= 11 is 6.14. The molecule has 1 aromatic rings. The quantitative estimate of drug-likeness (QED) is 0.676. The SMILES string of the molecule is CC(C)N1CCCC(Nc2ccc([N+](=O)[O-])cc2Cl)CC1. The Hall–Kier alpha value is -1.33. The van der Waals surface area contributed by atoms with E-state index in [-0.39, 0.29) is 5.69 Å². The molecule has 1 aliphatic heterocycles. The summed E-state index contributed by atoms with van der Waals surface area (Å²) in [4.78, 5) is 12.8. The molecule has 0 aromatic heterocycles. The number of likely N-dealkylation sites (tertiary alicyclic amines) is 1. The number of anilines is 1. The standard InChI is InChI=1S/C15H22ClN3O2/c1-11(2)18-8-3-4-12(7-9-18)17-15-6-5-13(19(20)21)10-14(15)16/h5-6,10-12,17H,3-4,7-9H2,1-2H3. The number of rotatable bonds is 4. The summed E-state index contributed by atoms with van der Waals surface area (Å²) in [5.74, 6) is 0. The molecular formula is C15H22ClN3O2. The Bertz CT molecular complexity index is 508. The van der Waals surface area contributed by atoms with Gasteiger partial charge in [0.15, 0.2) is 0 Å². The molecule has 1 unspecified atom stereocenters. The summed E-state index contributed by atoms with van der Waals surface area (Å²) in [5, 5.41) is 14.6. The number of hydrogen-bond acceptors (Lipinski definition) is 4. The van der Waals surface area contributed by atoms with E-state index in [0.29, 0.717) is 17.1 Å². The number of halogens is 1. The van der Waals surface area contributed by atoms with Crippen LogP contribution in [0.4, 0.5) is 11.4 Å². The van der Waals surface area contributed by atoms with Crippen LogP contribution in [-0.4, -0.2) is 35.0 Å². The third-order valence-electron chi connectivity index (χ3n) is 4.02. The molecule has 2 rings (SSSR count). The van der Waals surface area contributed by atoms with Crippen molar-refractivity contribution in [2.75, 3.05) is 18.4 Å². The normalized spacial score (nSPS) is 20.3. The molecule has 0 amide bonds. The van der Waals surface area contributed by atoms with Crippen molar-refractivity contribution < 1.29 is 4.92 Å². The van der Waals surface area contributed by atoms with Gasteiger partial charge in [-0.3, -0.25) is 10.1 Å². The second kappa shape index (κ2) is 7.09. The van der Waals surface area contributed by atoms with Gasteiger partial charge in [0, 0.05) is 30.8 Å². The van der Waals surface area contributed by atoms with Gasteiger partial charge < -0.3 is 10.2 Å². The maximum atomic E-state index is 10.7. The number of nitro groups is 1. The van der Waals surface area contributed by atoms with E-state index in [0.717, 1.165) is 38.0 Å². The zero-order valence-corrected chi connectivity index (χ0v) is 13.3. The Morgan fingerprint density at radius 3 is 2.76 bits per heavy atom. The largest absolute Gasteiger partial charge is 0.381 e. The molecule has 1 atom stereocenters. The molecule has 5 nitrogen and oxygen atoms in total. The Kier molecular flexibility index (Phi) is 5.42. The monoisotopic (exact) mass is 311 g/mol. The van der Waals surface area contributed by atoms with Crippen LogP contribution in [0.5, 0.6) is 0 Å². The molecule has 0 aliphatic carbocycles. The first-order valence-electron chi connectivity index (χ1n) is 7.42. The maximum absolute atomic E-state index is 10.7. The van der Waals surface area contributed by atoms with Gasteiger partial charge in [-0.2, -0.15) is 0 Å². The van der Waals surface area contributed by atoms with Crippen molar-refractivity contribution in [3.63, 3.8) is 0 Å². The van der Waals surface area contributed by atoms with Gasteiger partial charge in [0.05, 0.1) is 15.6 Å². The minimum Gasteiger partial charge on any atom is -0.381 e. The van der Waals surface area contributed by atoms with E-state index in [1.54, 1.807) is 6.07 Å². The Morgan fingerprint density at radius 2 is 2.14 bits per heavy atom. The van der Waals surface area contributed by atoms with Crippen molar-refractivity contribution in [2.24, 2.45) is 0 Å². The first-order valence-corrected chi connectivity index (χ1v) is 7.79. The Morgan fingerprint density at radius 1 is 1.38 bits per heavy atom. The van der Waals surface area contributed by atoms with Gasteiger partial charge >= 0.3 is 0 Å². The van der Waals surface area contributed by atoms with Gasteiger partial charge in [0.25, 0.3) is 5.69 Å². The number of hydrogen-bond donors (Lipinski definition) is 1. The second-order valence-corrected chi connectivity index (χ2v) is 6.23. The summed E-state index contributed by atoms with van der Waals surface area (Å²) in [5.41, 5.74) is 0.808. The maximum Gasteiger partial charge on any atom is 0.271 e. The van der Waals surface area contributed by atoms with E-state index in [1.165, 1.54) is 12.1 Å². The molecule has 1 aliphatic rings. The summed E-state index contributed by atoms with van der Waals surface area (Å²) in [6, 6.07) is 5.54. The second-order valence-electron chi connectivity index (χ2n) is 5.82. The van der Waals surface area contributed by atoms with E-state index in [2.05, 4.69) is 24.1 Å². The number of nitro benzene ring substituents is 1. The fraction of sp³-hybridized carbons (Fsp3) is 0.600. The molecule has 0 bridgehead atoms. The van der Waals surface area contributed by atoms with E-state index in [4.69, 9.17) is 11.6 Å². The number of nitrogens with one attached hydrogen (secondary N) is 1. The molecule has 0 radical (unpaired) electrons. The smallest absolute Gasteiger partial charge is 0.271 e. The lowest BCUT2D eigenvalue weighted by Gasteiger charge is -2.24. The molecule has 0 saturated carbocycles. The molecular weight excluding hydrogens is 290 g/mol. The van der Waals surface area contributed by atoms with Crippen LogP contribution in [0.2, 0.25) is 5.02 Å². The van der Waals surface area contributed by atoms with Gasteiger partial charge in [-0.25, -0.2) is 0 Å². The zero-order chi connectivity index (χ0) is 15.4. The van der Waals surface area contributed by atoms with Crippen molar-refractivity contribution in [1.29, 1.82) is 0 Å². The third-order valence-corrected chi connectivity index (χ3v) is 4.33. The predicted molar refractivity (Wildman–Crippen MR) is 86.1 cm³/mol. The van der Waals surface area contributed by atoms with E-state index < -0.39 is 4.92 Å². The van der Waals surface area contributed by atoms with Crippen molar-refractivity contribution >= 4 is 23.0 Å². The molecule has 0 spiro atoms. The lowest BCUT2D eigenvalue weighted by atomic mass is 10.1. The lowest BCUT2D eigenvalue weighted by molar-refractivity contribution is -0.384. The molecule has 6 heteroatoms. The van der Waals surface area contributed by atoms with Crippen LogP contribution in [0.15, 0.2) is 18.2 Å². The first-order chi connectivity index (χ1) is 9.97. The van der Waals surface area contributed by atoms with Crippen molar-refractivity contribution in [3.05, 3.63) is 33.3 Å². The highest BCUT2D eigenvalue weighted by Crippen LogP contribution is 2.28. The van der Waals surface area contributed by atoms with Crippen LogP contribution in [0.1, 0.15) is 33.1 Å². The van der Waals surface area contributed by atoms with E-state index >= 15 is 0 Å². The highest BCUT2D eigenvalue weighted by atomic mass is 35.5. The van der Waals surface area contributed by atoms with Crippen molar-refractivity contribution in [3.8, 4) is 0 Å². The highest BCUT2D eigenvalue weighted by Gasteiger charge is 2.19. The van der Waals surface area contributed by atoms with E-state index in [9.17, 15) is 10.1 Å². The molecule has 1 N–H and O–H groups in total. The Labute approximate surface area is 130 Å². The summed E-state index contributed by atoms with van der Waals surface area (Å²) in [6.45, 7) is 6.64. The van der Waals surface area contributed by atoms with Crippen molar-refractivity contribution in [2.45, 2.75) is 45.2 Å². The van der Waals surface area contributed by atoms with Crippen LogP contribution in [0.3, 0.4) is 0 Å². The zero-order valence-electron chi connectivity index (χ0n) is 12.5. The van der Waals surface area contributed by atoms with Gasteiger partial charge in [0.1, 0.15) is 0 Å². The number of non-ortho nitro benzene ring substituents is 1. The van der Waals surface area contributed by atoms with Gasteiger partial charge in [-0.15, -0.1) is 0 Å². The summed E-state index contributed by atoms with van der Waals surface area (Å²) in [7, 11) is 0. The summed E-state index contributed by atoms with van der Waals surface area (Å²) in [6.07, 6.45) is 3.31. The predicted octanol–water partition coefficient (Wildman–Crippen LogP) is 3.92. The summed E-state index contributed by atoms with van der Waals surface area (Å²) < 4.78 is 0. The van der Waals surface area contributed by atoms with Crippen molar-refractivity contribution in [1.82, 2.24) is 4.90 Å². The first kappa shape index (κ1) is 16.0. The fourth-order valence-corrected chi connectivity index (χ4v) is 2.96. The minimum atomic E-state index is -0.429. The highest BCUT2D eigenvalue weighted by molar-refractivity contribution is 6.33. The van der Waals surface area contributed by atoms with Crippen LogP contribution < -0.4 is 5.32 Å². The van der Waals surface area contributed by atoms with Crippen LogP contribution in [0, 0.1) is 10.1 Å². The average molecular weight is 312 g/mol. The third kappa shape index (κ3) is 4.32. The topological polar surface area (TPSA) is 58.4 Å². The Balaban J connectivity index is 2.00. The number of benzene rings is 1. The molecule has 1 heterocycles. The average Bonchev–Trinajstić information content (AvgIpc) is 2.66. The van der Waals surface area contributed by atoms with E-state index in [1.807, 2.05) is 0 Å². The van der Waals surface area contributed by atoms with Crippen LogP contribution >= 0.6 is 11.6 Å². The molecule has 1 aromatic carbocycles. The van der Waals surface area contributed by atoms with Gasteiger partial charge in [-0.1, -0.05) is 11.6 Å². The molecule has 21 heavy (non-hydrogen) atoms. The lowest BCUT2D eigenvalue weighted by Crippen LogP contribution is -2.32. The number of nitrogens with zero attached hydrogens (tertiary/aromatic N) is 2. The van der Waals surface area contributed by atoms with Gasteiger partial charge in [-0.05, 0) is 45.7 Å². The minimum absolute atomic E-state index is 0.0254. The van der Waals surface area contributed by atoms with Crippen LogP contribution in [-0.2, 0) is 0 Å². The van der Waals surface area contributed by atoms with Gasteiger partial charge in [0.2, 0.25) is 0 Å². The molecule has 1 saturated heterocycles.